The lowest BCUT2D eigenvalue weighted by Gasteiger charge is -2.29. The molecular weight excluding hydrogens is 387 g/mol. The van der Waals surface area contributed by atoms with E-state index in [-0.39, 0.29) is 23.5 Å². The van der Waals surface area contributed by atoms with Crippen molar-refractivity contribution in [1.29, 1.82) is 0 Å². The zero-order valence-corrected chi connectivity index (χ0v) is 17.1. The standard InChI is InChI=1S/C23H29FN2O4/c24-18-7-5-16(6-8-18)21(28)19-13-23(9-10-23)14-26(19)22(29)17(12-20(27)25-30)11-15-3-1-2-4-15/h5-8,15,17,19,30H,1-4,9-14H2,(H,25,27)/t17-,19+/m1/s1. The third kappa shape index (κ3) is 4.41. The van der Waals surface area contributed by atoms with Crippen LogP contribution in [0.5, 0.6) is 0 Å². The second kappa shape index (κ2) is 8.46. The van der Waals surface area contributed by atoms with Crippen molar-refractivity contribution in [2.45, 2.75) is 63.8 Å². The second-order valence-electron chi connectivity index (χ2n) is 9.38. The Hall–Kier alpha value is -2.28. The fourth-order valence-corrected chi connectivity index (χ4v) is 5.29. The number of benzene rings is 1. The van der Waals surface area contributed by atoms with Gasteiger partial charge in [-0.25, -0.2) is 9.87 Å². The van der Waals surface area contributed by atoms with E-state index in [0.717, 1.165) is 38.5 Å². The summed E-state index contributed by atoms with van der Waals surface area (Å²) in [6, 6.07) is 4.88. The molecule has 3 aliphatic rings. The predicted molar refractivity (Wildman–Crippen MR) is 107 cm³/mol. The summed E-state index contributed by atoms with van der Waals surface area (Å²) < 4.78 is 13.3. The minimum absolute atomic E-state index is 0.00711. The molecule has 30 heavy (non-hydrogen) atoms. The second-order valence-corrected chi connectivity index (χ2v) is 9.38. The number of carbonyl (C=O) groups excluding carboxylic acids is 3. The van der Waals surface area contributed by atoms with Gasteiger partial charge in [0.05, 0.1) is 6.04 Å². The number of likely N-dealkylation sites (tertiary alicyclic amines) is 1. The molecule has 1 aromatic carbocycles. The minimum Gasteiger partial charge on any atom is -0.331 e. The molecule has 4 rings (SSSR count). The zero-order chi connectivity index (χ0) is 21.3. The number of halogens is 1. The number of hydrogen-bond donors (Lipinski definition) is 2. The van der Waals surface area contributed by atoms with Crippen LogP contribution < -0.4 is 5.48 Å². The molecule has 3 fully saturated rings. The summed E-state index contributed by atoms with van der Waals surface area (Å²) in [6.45, 7) is 0.533. The topological polar surface area (TPSA) is 86.7 Å². The molecular formula is C23H29FN2O4. The monoisotopic (exact) mass is 416 g/mol. The lowest BCUT2D eigenvalue weighted by Crippen LogP contribution is -2.45. The van der Waals surface area contributed by atoms with Crippen molar-refractivity contribution in [3.63, 3.8) is 0 Å². The molecule has 0 radical (unpaired) electrons. The van der Waals surface area contributed by atoms with Crippen molar-refractivity contribution in [2.24, 2.45) is 17.3 Å². The molecule has 2 saturated carbocycles. The summed E-state index contributed by atoms with van der Waals surface area (Å²) in [6.07, 6.45) is 7.51. The van der Waals surface area contributed by atoms with Crippen LogP contribution in [0.25, 0.3) is 0 Å². The number of hydrogen-bond acceptors (Lipinski definition) is 4. The van der Waals surface area contributed by atoms with Gasteiger partial charge in [0.1, 0.15) is 5.82 Å². The molecule has 0 bridgehead atoms. The highest BCUT2D eigenvalue weighted by atomic mass is 19.1. The molecule has 7 heteroatoms. The summed E-state index contributed by atoms with van der Waals surface area (Å²) in [7, 11) is 0. The van der Waals surface area contributed by atoms with Crippen molar-refractivity contribution in [2.75, 3.05) is 6.54 Å². The Labute approximate surface area is 175 Å². The number of amides is 2. The average Bonchev–Trinajstić information content (AvgIpc) is 3.13. The summed E-state index contributed by atoms with van der Waals surface area (Å²) in [5, 5.41) is 8.99. The van der Waals surface area contributed by atoms with Crippen LogP contribution in [0.1, 0.15) is 68.1 Å². The fraction of sp³-hybridized carbons (Fsp3) is 0.609. The first-order chi connectivity index (χ1) is 14.4. The third-order valence-electron chi connectivity index (χ3n) is 7.18. The van der Waals surface area contributed by atoms with Crippen LogP contribution in [0.15, 0.2) is 24.3 Å². The van der Waals surface area contributed by atoms with E-state index in [4.69, 9.17) is 5.21 Å². The number of hydroxylamine groups is 1. The van der Waals surface area contributed by atoms with Gasteiger partial charge in [0.2, 0.25) is 11.8 Å². The van der Waals surface area contributed by atoms with Crippen LogP contribution in [0.2, 0.25) is 0 Å². The van der Waals surface area contributed by atoms with E-state index in [1.54, 1.807) is 10.4 Å². The van der Waals surface area contributed by atoms with Gasteiger partial charge in [-0.1, -0.05) is 25.7 Å². The average molecular weight is 416 g/mol. The minimum atomic E-state index is -0.576. The van der Waals surface area contributed by atoms with Gasteiger partial charge in [-0.2, -0.15) is 0 Å². The Morgan fingerprint density at radius 2 is 1.83 bits per heavy atom. The Kier molecular flexibility index (Phi) is 5.91. The lowest BCUT2D eigenvalue weighted by atomic mass is 9.89. The summed E-state index contributed by atoms with van der Waals surface area (Å²) in [5.41, 5.74) is 2.05. The van der Waals surface area contributed by atoms with Crippen molar-refractivity contribution in [3.05, 3.63) is 35.6 Å². The maximum Gasteiger partial charge on any atom is 0.244 e. The van der Waals surface area contributed by atoms with E-state index >= 15 is 0 Å². The molecule has 1 saturated heterocycles. The van der Waals surface area contributed by atoms with E-state index in [1.807, 2.05) is 0 Å². The maximum atomic E-state index is 13.6. The number of ketones is 1. The molecule has 0 aromatic heterocycles. The Morgan fingerprint density at radius 3 is 2.43 bits per heavy atom. The zero-order valence-electron chi connectivity index (χ0n) is 17.1. The van der Waals surface area contributed by atoms with Crippen LogP contribution in [0, 0.1) is 23.1 Å². The maximum absolute atomic E-state index is 13.6. The molecule has 0 unspecified atom stereocenters. The Morgan fingerprint density at radius 1 is 1.17 bits per heavy atom. The van der Waals surface area contributed by atoms with Gasteiger partial charge < -0.3 is 4.90 Å². The van der Waals surface area contributed by atoms with E-state index in [0.29, 0.717) is 30.9 Å². The fourth-order valence-electron chi connectivity index (χ4n) is 5.29. The highest BCUT2D eigenvalue weighted by Gasteiger charge is 2.55. The third-order valence-corrected chi connectivity index (χ3v) is 7.18. The molecule has 2 N–H and O–H groups in total. The van der Waals surface area contributed by atoms with Crippen LogP contribution in [0.4, 0.5) is 4.39 Å². The van der Waals surface area contributed by atoms with Crippen molar-refractivity contribution >= 4 is 17.6 Å². The van der Waals surface area contributed by atoms with Gasteiger partial charge in [0, 0.05) is 24.4 Å². The van der Waals surface area contributed by atoms with Gasteiger partial charge >= 0.3 is 0 Å². The molecule has 1 spiro atoms. The van der Waals surface area contributed by atoms with Crippen LogP contribution in [-0.2, 0) is 9.59 Å². The predicted octanol–water partition coefficient (Wildman–Crippen LogP) is 3.48. The van der Waals surface area contributed by atoms with Crippen LogP contribution in [0.3, 0.4) is 0 Å². The summed E-state index contributed by atoms with van der Waals surface area (Å²) in [4.78, 5) is 40.3. The molecule has 1 aromatic rings. The number of nitrogens with one attached hydrogen (secondary N) is 1. The number of rotatable bonds is 7. The van der Waals surface area contributed by atoms with Gasteiger partial charge in [-0.15, -0.1) is 0 Å². The van der Waals surface area contributed by atoms with E-state index in [9.17, 15) is 18.8 Å². The first-order valence-corrected chi connectivity index (χ1v) is 10.9. The summed E-state index contributed by atoms with van der Waals surface area (Å²) in [5.74, 6) is -1.47. The van der Waals surface area contributed by atoms with Crippen LogP contribution in [-0.4, -0.2) is 40.3 Å². The quantitative estimate of drug-likeness (QED) is 0.405. The number of nitrogens with zero attached hydrogens (tertiary/aromatic N) is 1. The SMILES string of the molecule is O=C(C[C@@H](CC1CCCC1)C(=O)N1CC2(CC2)C[C@H]1C(=O)c1ccc(F)cc1)NO. The highest BCUT2D eigenvalue weighted by Crippen LogP contribution is 2.55. The Balaban J connectivity index is 1.55. The lowest BCUT2D eigenvalue weighted by molar-refractivity contribution is -0.141. The molecule has 2 aliphatic carbocycles. The molecule has 1 aliphatic heterocycles. The van der Waals surface area contributed by atoms with Gasteiger partial charge in [-0.05, 0) is 61.3 Å². The van der Waals surface area contributed by atoms with Crippen molar-refractivity contribution < 1.29 is 24.0 Å². The largest absolute Gasteiger partial charge is 0.331 e. The molecule has 1 heterocycles. The Bertz CT molecular complexity index is 815. The van der Waals surface area contributed by atoms with Gasteiger partial charge in [0.25, 0.3) is 0 Å². The highest BCUT2D eigenvalue weighted by molar-refractivity contribution is 6.02. The first-order valence-electron chi connectivity index (χ1n) is 10.9. The molecule has 2 atom stereocenters. The molecule has 162 valence electrons. The molecule has 6 nitrogen and oxygen atoms in total. The normalized spacial score (nSPS) is 23.5. The van der Waals surface area contributed by atoms with Gasteiger partial charge in [0.15, 0.2) is 5.78 Å². The summed E-state index contributed by atoms with van der Waals surface area (Å²) >= 11 is 0. The van der Waals surface area contributed by atoms with Crippen molar-refractivity contribution in [1.82, 2.24) is 10.4 Å². The van der Waals surface area contributed by atoms with Crippen LogP contribution >= 0.6 is 0 Å². The number of Topliss-reactive ketones (excluding diaryl/α,β-unsaturated/α-hetero) is 1. The van der Waals surface area contributed by atoms with E-state index in [2.05, 4.69) is 0 Å². The number of carbonyl (C=O) groups is 3. The first kappa shape index (κ1) is 21.0. The van der Waals surface area contributed by atoms with Crippen molar-refractivity contribution in [3.8, 4) is 0 Å². The van der Waals surface area contributed by atoms with E-state index in [1.165, 1.54) is 24.3 Å². The van der Waals surface area contributed by atoms with E-state index < -0.39 is 23.7 Å². The smallest absolute Gasteiger partial charge is 0.244 e. The van der Waals surface area contributed by atoms with Gasteiger partial charge in [-0.3, -0.25) is 19.6 Å². The molecule has 2 amide bonds.